The van der Waals surface area contributed by atoms with Crippen LogP contribution >= 0.6 is 15.9 Å². The van der Waals surface area contributed by atoms with Crippen molar-refractivity contribution in [2.75, 3.05) is 0 Å². The Morgan fingerprint density at radius 2 is 1.62 bits per heavy atom. The lowest BCUT2D eigenvalue weighted by molar-refractivity contribution is -0.126. The average molecular weight is 354 g/mol. The van der Waals surface area contributed by atoms with E-state index in [4.69, 9.17) is 0 Å². The summed E-state index contributed by atoms with van der Waals surface area (Å²) < 4.78 is 39.5. The van der Waals surface area contributed by atoms with Crippen LogP contribution in [0.2, 0.25) is 0 Å². The Labute approximate surface area is 127 Å². The maximum Gasteiger partial charge on any atom is 0.393 e. The molecule has 0 saturated carbocycles. The van der Waals surface area contributed by atoms with Gasteiger partial charge in [0, 0.05) is 15.4 Å². The highest BCUT2D eigenvalue weighted by atomic mass is 79.9. The summed E-state index contributed by atoms with van der Waals surface area (Å²) in [6.45, 7) is 0. The molecule has 21 heavy (non-hydrogen) atoms. The molecule has 3 aromatic rings. The molecule has 1 heterocycles. The van der Waals surface area contributed by atoms with E-state index in [1.54, 1.807) is 30.3 Å². The van der Waals surface area contributed by atoms with Gasteiger partial charge in [0.05, 0.1) is 12.1 Å². The van der Waals surface area contributed by atoms with Crippen LogP contribution in [0.1, 0.15) is 5.56 Å². The quantitative estimate of drug-likeness (QED) is 0.607. The third-order valence-corrected chi connectivity index (χ3v) is 3.85. The van der Waals surface area contributed by atoms with E-state index in [1.165, 1.54) is 0 Å². The Balaban J connectivity index is 2.21. The minimum absolute atomic E-state index is 0.292. The smallest absolute Gasteiger partial charge is 0.354 e. The number of hydrogen-bond acceptors (Lipinski definition) is 0. The normalized spacial score (nSPS) is 12.0. The van der Waals surface area contributed by atoms with E-state index >= 15 is 0 Å². The van der Waals surface area contributed by atoms with E-state index in [1.807, 2.05) is 18.2 Å². The second-order valence-electron chi connectivity index (χ2n) is 4.82. The van der Waals surface area contributed by atoms with Gasteiger partial charge in [0.2, 0.25) is 0 Å². The van der Waals surface area contributed by atoms with Gasteiger partial charge in [0.1, 0.15) is 0 Å². The maximum absolute atomic E-state index is 12.9. The van der Waals surface area contributed by atoms with Crippen molar-refractivity contribution >= 4 is 26.8 Å². The largest absolute Gasteiger partial charge is 0.393 e. The summed E-state index contributed by atoms with van der Waals surface area (Å²) in [5.74, 6) is 0. The first-order chi connectivity index (χ1) is 9.94. The Hall–Kier alpha value is -1.75. The van der Waals surface area contributed by atoms with Gasteiger partial charge in [0.15, 0.2) is 0 Å². The molecule has 0 atom stereocenters. The lowest BCUT2D eigenvalue weighted by Crippen LogP contribution is -2.11. The molecule has 1 aromatic heterocycles. The van der Waals surface area contributed by atoms with E-state index in [-0.39, 0.29) is 0 Å². The van der Waals surface area contributed by atoms with Gasteiger partial charge in [-0.15, -0.1) is 0 Å². The van der Waals surface area contributed by atoms with E-state index in [0.29, 0.717) is 16.6 Å². The van der Waals surface area contributed by atoms with Gasteiger partial charge < -0.3 is 4.98 Å². The van der Waals surface area contributed by atoms with Crippen LogP contribution in [0.25, 0.3) is 22.2 Å². The third kappa shape index (κ3) is 2.97. The number of benzene rings is 2. The highest BCUT2D eigenvalue weighted by Gasteiger charge is 2.31. The summed E-state index contributed by atoms with van der Waals surface area (Å²) in [6.07, 6.45) is -5.18. The monoisotopic (exact) mass is 353 g/mol. The number of H-pyrrole nitrogens is 1. The lowest BCUT2D eigenvalue weighted by Gasteiger charge is -2.08. The summed E-state index contributed by atoms with van der Waals surface area (Å²) >= 11 is 3.33. The summed E-state index contributed by atoms with van der Waals surface area (Å²) in [7, 11) is 0. The van der Waals surface area contributed by atoms with E-state index in [0.717, 1.165) is 15.6 Å². The van der Waals surface area contributed by atoms with E-state index < -0.39 is 12.6 Å². The minimum Gasteiger partial charge on any atom is -0.354 e. The van der Waals surface area contributed by atoms with Crippen LogP contribution < -0.4 is 0 Å². The molecule has 0 spiro atoms. The van der Waals surface area contributed by atoms with Crippen LogP contribution in [0, 0.1) is 0 Å². The van der Waals surface area contributed by atoms with Crippen LogP contribution in [-0.2, 0) is 6.42 Å². The van der Waals surface area contributed by atoms with Gasteiger partial charge in [-0.05, 0) is 29.3 Å². The molecule has 0 aliphatic rings. The van der Waals surface area contributed by atoms with Gasteiger partial charge in [-0.1, -0.05) is 46.3 Å². The number of alkyl halides is 3. The predicted molar refractivity (Wildman–Crippen MR) is 81.2 cm³/mol. The number of fused-ring (bicyclic) bond motifs is 1. The molecule has 0 amide bonds. The zero-order valence-electron chi connectivity index (χ0n) is 10.8. The zero-order valence-corrected chi connectivity index (χ0v) is 12.4. The number of aromatic nitrogens is 1. The summed E-state index contributed by atoms with van der Waals surface area (Å²) in [5.41, 5.74) is 2.28. The molecule has 0 aliphatic heterocycles. The fourth-order valence-electron chi connectivity index (χ4n) is 2.45. The lowest BCUT2D eigenvalue weighted by atomic mass is 10.0. The molecule has 0 radical (unpaired) electrons. The Bertz CT molecular complexity index is 772. The first-order valence-electron chi connectivity index (χ1n) is 6.36. The number of aromatic amines is 1. The first kappa shape index (κ1) is 14.2. The molecule has 2 aromatic carbocycles. The fourth-order valence-corrected chi connectivity index (χ4v) is 2.71. The average Bonchev–Trinajstić information content (AvgIpc) is 2.77. The number of rotatable bonds is 2. The highest BCUT2D eigenvalue weighted by Crippen LogP contribution is 2.35. The number of para-hydroxylation sites is 1. The van der Waals surface area contributed by atoms with Crippen molar-refractivity contribution in [1.29, 1.82) is 0 Å². The molecule has 0 bridgehead atoms. The highest BCUT2D eigenvalue weighted by molar-refractivity contribution is 9.10. The number of halogens is 4. The van der Waals surface area contributed by atoms with Gasteiger partial charge >= 0.3 is 6.18 Å². The minimum atomic E-state index is -4.24. The molecule has 5 heteroatoms. The SMILES string of the molecule is FC(F)(F)Cc1c(-c2ccc(Br)cc2)[nH]c2ccccc12. The maximum atomic E-state index is 12.9. The summed E-state index contributed by atoms with van der Waals surface area (Å²) in [4.78, 5) is 3.11. The molecular weight excluding hydrogens is 343 g/mol. The molecule has 0 aliphatic carbocycles. The van der Waals surface area contributed by atoms with Gasteiger partial charge in [-0.3, -0.25) is 0 Å². The number of nitrogens with one attached hydrogen (secondary N) is 1. The molecular formula is C16H11BrF3N. The zero-order chi connectivity index (χ0) is 15.0. The second kappa shape index (κ2) is 5.22. The van der Waals surface area contributed by atoms with Crippen LogP contribution in [0.3, 0.4) is 0 Å². The van der Waals surface area contributed by atoms with Gasteiger partial charge in [-0.2, -0.15) is 13.2 Å². The molecule has 1 N–H and O–H groups in total. The van der Waals surface area contributed by atoms with Crippen molar-refractivity contribution in [3.63, 3.8) is 0 Å². The predicted octanol–water partition coefficient (Wildman–Crippen LogP) is 5.70. The van der Waals surface area contributed by atoms with Crippen LogP contribution in [0.4, 0.5) is 13.2 Å². The van der Waals surface area contributed by atoms with E-state index in [9.17, 15) is 13.2 Å². The molecule has 1 nitrogen and oxygen atoms in total. The van der Waals surface area contributed by atoms with Crippen molar-refractivity contribution in [2.45, 2.75) is 12.6 Å². The van der Waals surface area contributed by atoms with Crippen molar-refractivity contribution in [3.8, 4) is 11.3 Å². The van der Waals surface area contributed by atoms with E-state index in [2.05, 4.69) is 20.9 Å². The first-order valence-corrected chi connectivity index (χ1v) is 7.15. The van der Waals surface area contributed by atoms with Gasteiger partial charge in [-0.25, -0.2) is 0 Å². The van der Waals surface area contributed by atoms with Crippen molar-refractivity contribution in [1.82, 2.24) is 4.98 Å². The van der Waals surface area contributed by atoms with Gasteiger partial charge in [0.25, 0.3) is 0 Å². The Kier molecular flexibility index (Phi) is 3.53. The topological polar surface area (TPSA) is 15.8 Å². The molecule has 3 rings (SSSR count). The summed E-state index contributed by atoms with van der Waals surface area (Å²) in [6, 6.07) is 14.3. The second-order valence-corrected chi connectivity index (χ2v) is 5.74. The number of hydrogen-bond donors (Lipinski definition) is 1. The molecule has 0 saturated heterocycles. The van der Waals surface area contributed by atoms with Crippen molar-refractivity contribution in [3.05, 3.63) is 58.6 Å². The molecule has 0 unspecified atom stereocenters. The van der Waals surface area contributed by atoms with Crippen LogP contribution in [-0.4, -0.2) is 11.2 Å². The molecule has 0 fully saturated rings. The van der Waals surface area contributed by atoms with Crippen LogP contribution in [0.5, 0.6) is 0 Å². The third-order valence-electron chi connectivity index (χ3n) is 3.32. The molecule has 108 valence electrons. The summed E-state index contributed by atoms with van der Waals surface area (Å²) in [5, 5.41) is 0.618. The fraction of sp³-hybridized carbons (Fsp3) is 0.125. The van der Waals surface area contributed by atoms with Crippen molar-refractivity contribution < 1.29 is 13.2 Å². The standard InChI is InChI=1S/C16H11BrF3N/c17-11-7-5-10(6-8-11)15-13(9-16(18,19)20)12-3-1-2-4-14(12)21-15/h1-8,21H,9H2. The van der Waals surface area contributed by atoms with Crippen LogP contribution in [0.15, 0.2) is 53.0 Å². The van der Waals surface area contributed by atoms with Crippen molar-refractivity contribution in [2.24, 2.45) is 0 Å². The Morgan fingerprint density at radius 3 is 2.29 bits per heavy atom. The Morgan fingerprint density at radius 1 is 0.952 bits per heavy atom.